The van der Waals surface area contributed by atoms with E-state index in [2.05, 4.69) is 44.8 Å². The lowest BCUT2D eigenvalue weighted by molar-refractivity contribution is 0.620. The maximum Gasteiger partial charge on any atom is 0.227 e. The van der Waals surface area contributed by atoms with Crippen molar-refractivity contribution < 1.29 is 4.42 Å². The molecule has 0 saturated carbocycles. The van der Waals surface area contributed by atoms with Crippen LogP contribution in [0.15, 0.2) is 114 Å². The van der Waals surface area contributed by atoms with Crippen LogP contribution in [0.25, 0.3) is 45.4 Å². The van der Waals surface area contributed by atoms with Crippen molar-refractivity contribution in [2.75, 3.05) is 11.9 Å². The van der Waals surface area contributed by atoms with Gasteiger partial charge in [0, 0.05) is 30.2 Å². The second kappa shape index (κ2) is 8.37. The molecule has 0 spiro atoms. The summed E-state index contributed by atoms with van der Waals surface area (Å²) >= 11 is 0. The van der Waals surface area contributed by atoms with E-state index in [1.54, 1.807) is 0 Å². The van der Waals surface area contributed by atoms with Crippen molar-refractivity contribution in [3.8, 4) is 17.1 Å². The molecule has 2 heterocycles. The summed E-state index contributed by atoms with van der Waals surface area (Å²) < 4.78 is 8.15. The lowest BCUT2D eigenvalue weighted by atomic mass is 10.2. The highest BCUT2D eigenvalue weighted by Gasteiger charge is 2.14. The van der Waals surface area contributed by atoms with E-state index in [4.69, 9.17) is 9.40 Å². The highest BCUT2D eigenvalue weighted by atomic mass is 16.3. The molecular formula is C29H22N4O. The molecule has 5 heteroatoms. The predicted octanol–water partition coefficient (Wildman–Crippen LogP) is 6.94. The fourth-order valence-electron chi connectivity index (χ4n) is 4.12. The molecule has 0 atom stereocenters. The number of hydrogen-bond donors (Lipinski definition) is 0. The van der Waals surface area contributed by atoms with Gasteiger partial charge in [0.2, 0.25) is 5.89 Å². The molecule has 6 aromatic rings. The van der Waals surface area contributed by atoms with Crippen LogP contribution in [-0.4, -0.2) is 21.6 Å². The molecule has 5 nitrogen and oxygen atoms in total. The standard InChI is InChI=1S/C29H22N4O/c1-32(22-10-4-2-5-11-22)19-18-28-30-25-20-21(29-31-24-14-8-9-15-27(24)34-29)16-17-26(25)33(28)23-12-6-3-7-13-23/h2-20H,1H3/b19-18+. The number of fused-ring (bicyclic) bond motifs is 2. The number of rotatable bonds is 5. The van der Waals surface area contributed by atoms with Crippen LogP contribution in [0, 0.1) is 0 Å². The SMILES string of the molecule is CN(/C=C/c1nc2cc(-c3nc4ccccc4o3)ccc2n1-c1ccccc1)c1ccccc1. The fraction of sp³-hybridized carbons (Fsp3) is 0.0345. The average Bonchev–Trinajstić information content (AvgIpc) is 3.49. The van der Waals surface area contributed by atoms with E-state index in [0.717, 1.165) is 44.9 Å². The lowest BCUT2D eigenvalue weighted by Gasteiger charge is -2.14. The van der Waals surface area contributed by atoms with Crippen LogP contribution in [0.3, 0.4) is 0 Å². The Morgan fingerprint density at radius 3 is 2.29 bits per heavy atom. The van der Waals surface area contributed by atoms with Crippen LogP contribution in [0.1, 0.15) is 5.82 Å². The second-order valence-corrected chi connectivity index (χ2v) is 8.09. The van der Waals surface area contributed by atoms with Crippen molar-refractivity contribution in [2.45, 2.75) is 0 Å². The van der Waals surface area contributed by atoms with Gasteiger partial charge in [-0.25, -0.2) is 9.97 Å². The number of anilines is 1. The average molecular weight is 443 g/mol. The summed E-state index contributed by atoms with van der Waals surface area (Å²) in [4.78, 5) is 11.7. The van der Waals surface area contributed by atoms with Crippen LogP contribution in [0.2, 0.25) is 0 Å². The summed E-state index contributed by atoms with van der Waals surface area (Å²) in [6, 6.07) is 34.5. The van der Waals surface area contributed by atoms with Crippen LogP contribution in [0.5, 0.6) is 0 Å². The highest BCUT2D eigenvalue weighted by molar-refractivity contribution is 5.85. The number of aromatic nitrogens is 3. The first-order chi connectivity index (χ1) is 16.8. The zero-order valence-corrected chi connectivity index (χ0v) is 18.7. The molecule has 0 unspecified atom stereocenters. The topological polar surface area (TPSA) is 47.1 Å². The molecule has 34 heavy (non-hydrogen) atoms. The van der Waals surface area contributed by atoms with Crippen molar-refractivity contribution >= 4 is 33.9 Å². The van der Waals surface area contributed by atoms with E-state index < -0.39 is 0 Å². The quantitative estimate of drug-likeness (QED) is 0.290. The second-order valence-electron chi connectivity index (χ2n) is 8.09. The maximum absolute atomic E-state index is 5.99. The van der Waals surface area contributed by atoms with Gasteiger partial charge in [0.15, 0.2) is 5.58 Å². The molecule has 0 aliphatic rings. The van der Waals surface area contributed by atoms with Crippen LogP contribution < -0.4 is 4.90 Å². The Morgan fingerprint density at radius 1 is 0.765 bits per heavy atom. The van der Waals surface area contributed by atoms with Crippen LogP contribution in [-0.2, 0) is 0 Å². The number of hydrogen-bond acceptors (Lipinski definition) is 4. The van der Waals surface area contributed by atoms with Gasteiger partial charge in [-0.2, -0.15) is 0 Å². The van der Waals surface area contributed by atoms with E-state index in [9.17, 15) is 0 Å². The summed E-state index contributed by atoms with van der Waals surface area (Å²) in [5, 5.41) is 0. The van der Waals surface area contributed by atoms with Gasteiger partial charge < -0.3 is 9.32 Å². The van der Waals surface area contributed by atoms with E-state index >= 15 is 0 Å². The van der Waals surface area contributed by atoms with Crippen LogP contribution >= 0.6 is 0 Å². The highest BCUT2D eigenvalue weighted by Crippen LogP contribution is 2.29. The Labute approximate surface area is 197 Å². The Hall–Kier alpha value is -4.64. The molecule has 0 fully saturated rings. The molecule has 0 saturated heterocycles. The van der Waals surface area contributed by atoms with Gasteiger partial charge in [-0.3, -0.25) is 4.57 Å². The first-order valence-corrected chi connectivity index (χ1v) is 11.2. The predicted molar refractivity (Wildman–Crippen MR) is 138 cm³/mol. The normalized spacial score (nSPS) is 11.6. The van der Waals surface area contributed by atoms with Crippen molar-refractivity contribution in [1.29, 1.82) is 0 Å². The van der Waals surface area contributed by atoms with E-state index in [-0.39, 0.29) is 0 Å². The Kier molecular flexibility index (Phi) is 4.92. The molecule has 0 bridgehead atoms. The van der Waals surface area contributed by atoms with Crippen molar-refractivity contribution in [1.82, 2.24) is 14.5 Å². The number of oxazole rings is 1. The zero-order chi connectivity index (χ0) is 22.9. The lowest BCUT2D eigenvalue weighted by Crippen LogP contribution is -2.07. The summed E-state index contributed by atoms with van der Waals surface area (Å²) in [5.74, 6) is 1.44. The third-order valence-electron chi connectivity index (χ3n) is 5.85. The molecule has 0 radical (unpaired) electrons. The fourth-order valence-corrected chi connectivity index (χ4v) is 4.12. The van der Waals surface area contributed by atoms with Crippen LogP contribution in [0.4, 0.5) is 5.69 Å². The minimum atomic E-state index is 0.596. The first-order valence-electron chi connectivity index (χ1n) is 11.2. The van der Waals surface area contributed by atoms with Gasteiger partial charge in [0.1, 0.15) is 11.3 Å². The minimum absolute atomic E-state index is 0.596. The smallest absolute Gasteiger partial charge is 0.227 e. The van der Waals surface area contributed by atoms with E-state index in [0.29, 0.717) is 5.89 Å². The van der Waals surface area contributed by atoms with Gasteiger partial charge in [-0.15, -0.1) is 0 Å². The van der Waals surface area contributed by atoms with Crippen molar-refractivity contribution in [2.24, 2.45) is 0 Å². The summed E-state index contributed by atoms with van der Waals surface area (Å²) in [7, 11) is 2.03. The van der Waals surface area contributed by atoms with Gasteiger partial charge in [-0.05, 0) is 60.7 Å². The maximum atomic E-state index is 5.99. The molecule has 0 aliphatic carbocycles. The third kappa shape index (κ3) is 3.63. The molecular weight excluding hydrogens is 420 g/mol. The van der Waals surface area contributed by atoms with Gasteiger partial charge >= 0.3 is 0 Å². The Bertz CT molecular complexity index is 1580. The largest absolute Gasteiger partial charge is 0.436 e. The minimum Gasteiger partial charge on any atom is -0.436 e. The molecule has 6 rings (SSSR count). The van der Waals surface area contributed by atoms with Crippen molar-refractivity contribution in [3.63, 3.8) is 0 Å². The van der Waals surface area contributed by atoms with Gasteiger partial charge in [-0.1, -0.05) is 48.5 Å². The summed E-state index contributed by atoms with van der Waals surface area (Å²) in [5.41, 5.74) is 6.60. The number of para-hydroxylation sites is 4. The molecule has 4 aromatic carbocycles. The van der Waals surface area contributed by atoms with E-state index in [1.807, 2.05) is 92.1 Å². The number of benzene rings is 4. The third-order valence-corrected chi connectivity index (χ3v) is 5.85. The Balaban J connectivity index is 1.46. The zero-order valence-electron chi connectivity index (χ0n) is 18.7. The monoisotopic (exact) mass is 442 g/mol. The molecule has 2 aromatic heterocycles. The first kappa shape index (κ1) is 20.0. The summed E-state index contributed by atoms with van der Waals surface area (Å²) in [6.07, 6.45) is 4.08. The summed E-state index contributed by atoms with van der Waals surface area (Å²) in [6.45, 7) is 0. The molecule has 164 valence electrons. The van der Waals surface area contributed by atoms with Gasteiger partial charge in [0.05, 0.1) is 11.0 Å². The van der Waals surface area contributed by atoms with Crippen molar-refractivity contribution in [3.05, 3.63) is 115 Å². The van der Waals surface area contributed by atoms with Gasteiger partial charge in [0.25, 0.3) is 0 Å². The number of imidazole rings is 1. The number of nitrogens with zero attached hydrogens (tertiary/aromatic N) is 4. The molecule has 0 N–H and O–H groups in total. The Morgan fingerprint density at radius 2 is 1.50 bits per heavy atom. The molecule has 0 amide bonds. The van der Waals surface area contributed by atoms with E-state index in [1.165, 1.54) is 0 Å². The molecule has 0 aliphatic heterocycles.